The molecule has 3 rings (SSSR count). The molecule has 1 amide bonds. The van der Waals surface area contributed by atoms with Gasteiger partial charge in [-0.2, -0.15) is 5.26 Å². The standard InChI is InChI=1S/C20H17N3OS/c1-14-5-2-3-8-18(14)20-23-17(13-25-20)9-10-19(24)22-16-7-4-6-15(11-16)12-21/h2-8,11,13H,9-10H2,1H3,(H,22,24). The van der Waals surface area contributed by atoms with Crippen molar-refractivity contribution >= 4 is 22.9 Å². The number of hydrogen-bond donors (Lipinski definition) is 1. The number of nitriles is 1. The first-order valence-corrected chi connectivity index (χ1v) is 8.84. The van der Waals surface area contributed by atoms with Gasteiger partial charge in [0.2, 0.25) is 5.91 Å². The summed E-state index contributed by atoms with van der Waals surface area (Å²) in [5, 5.41) is 14.7. The van der Waals surface area contributed by atoms with Gasteiger partial charge in [0.05, 0.1) is 17.3 Å². The second-order valence-electron chi connectivity index (χ2n) is 5.70. The summed E-state index contributed by atoms with van der Waals surface area (Å²) in [6.07, 6.45) is 0.944. The van der Waals surface area contributed by atoms with E-state index in [1.807, 2.05) is 17.5 Å². The van der Waals surface area contributed by atoms with E-state index in [0.29, 0.717) is 24.1 Å². The summed E-state index contributed by atoms with van der Waals surface area (Å²) in [6.45, 7) is 2.07. The van der Waals surface area contributed by atoms with Crippen LogP contribution in [0.15, 0.2) is 53.9 Å². The van der Waals surface area contributed by atoms with Crippen LogP contribution < -0.4 is 5.32 Å². The predicted octanol–water partition coefficient (Wildman–Crippen LogP) is 4.56. The molecule has 1 N–H and O–H groups in total. The van der Waals surface area contributed by atoms with Crippen LogP contribution >= 0.6 is 11.3 Å². The van der Waals surface area contributed by atoms with Crippen molar-refractivity contribution < 1.29 is 4.79 Å². The number of nitrogens with one attached hydrogen (secondary N) is 1. The molecule has 3 aromatic rings. The third kappa shape index (κ3) is 4.31. The topological polar surface area (TPSA) is 65.8 Å². The minimum Gasteiger partial charge on any atom is -0.326 e. The van der Waals surface area contributed by atoms with Gasteiger partial charge in [0.1, 0.15) is 5.01 Å². The monoisotopic (exact) mass is 347 g/mol. The van der Waals surface area contributed by atoms with Crippen molar-refractivity contribution in [1.29, 1.82) is 5.26 Å². The van der Waals surface area contributed by atoms with Gasteiger partial charge in [0.15, 0.2) is 0 Å². The maximum atomic E-state index is 12.1. The lowest BCUT2D eigenvalue weighted by atomic mass is 10.1. The molecule has 1 aromatic heterocycles. The Kier molecular flexibility index (Phi) is 5.22. The van der Waals surface area contributed by atoms with Gasteiger partial charge in [0.25, 0.3) is 0 Å². The number of aromatic nitrogens is 1. The first kappa shape index (κ1) is 16.9. The number of amides is 1. The normalized spacial score (nSPS) is 10.2. The van der Waals surface area contributed by atoms with Crippen LogP contribution in [0, 0.1) is 18.3 Å². The summed E-state index contributed by atoms with van der Waals surface area (Å²) in [7, 11) is 0. The highest BCUT2D eigenvalue weighted by molar-refractivity contribution is 7.13. The van der Waals surface area contributed by atoms with Crippen molar-refractivity contribution in [3.05, 3.63) is 70.7 Å². The molecule has 5 heteroatoms. The minimum atomic E-state index is -0.0828. The molecule has 0 spiro atoms. The summed E-state index contributed by atoms with van der Waals surface area (Å²) in [5.74, 6) is -0.0828. The highest BCUT2D eigenvalue weighted by atomic mass is 32.1. The van der Waals surface area contributed by atoms with Crippen molar-refractivity contribution in [1.82, 2.24) is 4.98 Å². The number of rotatable bonds is 5. The van der Waals surface area contributed by atoms with Gasteiger partial charge >= 0.3 is 0 Å². The summed E-state index contributed by atoms with van der Waals surface area (Å²) in [6, 6.07) is 17.1. The summed E-state index contributed by atoms with van der Waals surface area (Å²) < 4.78 is 0. The Morgan fingerprint density at radius 2 is 2.08 bits per heavy atom. The number of aryl methyl sites for hydroxylation is 2. The average molecular weight is 347 g/mol. The summed E-state index contributed by atoms with van der Waals surface area (Å²) in [5.41, 5.74) is 4.42. The van der Waals surface area contributed by atoms with Gasteiger partial charge in [0, 0.05) is 23.1 Å². The van der Waals surface area contributed by atoms with E-state index < -0.39 is 0 Å². The fourth-order valence-electron chi connectivity index (χ4n) is 2.49. The van der Waals surface area contributed by atoms with Gasteiger partial charge in [-0.25, -0.2) is 4.98 Å². The number of thiazole rings is 1. The molecule has 1 heterocycles. The second-order valence-corrected chi connectivity index (χ2v) is 6.56. The fourth-order valence-corrected chi connectivity index (χ4v) is 3.43. The van der Waals surface area contributed by atoms with Crippen LogP contribution in [0.25, 0.3) is 10.6 Å². The van der Waals surface area contributed by atoms with Crippen LogP contribution in [-0.2, 0) is 11.2 Å². The number of carbonyl (C=O) groups is 1. The Bertz CT molecular complexity index is 940. The van der Waals surface area contributed by atoms with Crippen LogP contribution in [0.4, 0.5) is 5.69 Å². The molecule has 0 unspecified atom stereocenters. The van der Waals surface area contributed by atoms with E-state index >= 15 is 0 Å². The van der Waals surface area contributed by atoms with Crippen LogP contribution in [-0.4, -0.2) is 10.9 Å². The molecule has 0 saturated heterocycles. The third-order valence-corrected chi connectivity index (χ3v) is 4.74. The highest BCUT2D eigenvalue weighted by Gasteiger charge is 2.09. The lowest BCUT2D eigenvalue weighted by molar-refractivity contribution is -0.116. The molecule has 4 nitrogen and oxygen atoms in total. The molecule has 0 atom stereocenters. The quantitative estimate of drug-likeness (QED) is 0.735. The summed E-state index contributed by atoms with van der Waals surface area (Å²) in [4.78, 5) is 16.7. The van der Waals surface area contributed by atoms with E-state index in [1.54, 1.807) is 35.6 Å². The van der Waals surface area contributed by atoms with Crippen molar-refractivity contribution in [3.63, 3.8) is 0 Å². The largest absolute Gasteiger partial charge is 0.326 e. The van der Waals surface area contributed by atoms with Gasteiger partial charge in [-0.05, 0) is 37.1 Å². The maximum absolute atomic E-state index is 12.1. The molecule has 124 valence electrons. The zero-order valence-electron chi connectivity index (χ0n) is 13.8. The minimum absolute atomic E-state index is 0.0828. The zero-order chi connectivity index (χ0) is 17.6. The van der Waals surface area contributed by atoms with E-state index in [0.717, 1.165) is 16.3 Å². The predicted molar refractivity (Wildman–Crippen MR) is 100 cm³/mol. The average Bonchev–Trinajstić information content (AvgIpc) is 3.09. The maximum Gasteiger partial charge on any atom is 0.224 e. The highest BCUT2D eigenvalue weighted by Crippen LogP contribution is 2.27. The SMILES string of the molecule is Cc1ccccc1-c1nc(CCC(=O)Nc2cccc(C#N)c2)cs1. The van der Waals surface area contributed by atoms with Gasteiger partial charge in [-0.15, -0.1) is 11.3 Å². The lowest BCUT2D eigenvalue weighted by Crippen LogP contribution is -2.12. The Hall–Kier alpha value is -2.97. The van der Waals surface area contributed by atoms with Crippen molar-refractivity contribution in [3.8, 4) is 16.6 Å². The molecule has 25 heavy (non-hydrogen) atoms. The first-order valence-electron chi connectivity index (χ1n) is 7.96. The molecule has 0 aliphatic heterocycles. The van der Waals surface area contributed by atoms with E-state index in [-0.39, 0.29) is 5.91 Å². The Morgan fingerprint density at radius 1 is 1.24 bits per heavy atom. The molecule has 2 aromatic carbocycles. The van der Waals surface area contributed by atoms with Crippen molar-refractivity contribution in [2.75, 3.05) is 5.32 Å². The number of nitrogens with zero attached hydrogens (tertiary/aromatic N) is 2. The number of hydrogen-bond acceptors (Lipinski definition) is 4. The van der Waals surface area contributed by atoms with E-state index in [4.69, 9.17) is 5.26 Å². The summed E-state index contributed by atoms with van der Waals surface area (Å²) >= 11 is 1.60. The van der Waals surface area contributed by atoms with Crippen molar-refractivity contribution in [2.45, 2.75) is 19.8 Å². The van der Waals surface area contributed by atoms with E-state index in [1.165, 1.54) is 5.56 Å². The molecular weight excluding hydrogens is 330 g/mol. The van der Waals surface area contributed by atoms with Crippen LogP contribution in [0.2, 0.25) is 0 Å². The number of carbonyl (C=O) groups excluding carboxylic acids is 1. The molecule has 0 bridgehead atoms. The number of anilines is 1. The lowest BCUT2D eigenvalue weighted by Gasteiger charge is -2.04. The number of benzene rings is 2. The smallest absolute Gasteiger partial charge is 0.224 e. The van der Waals surface area contributed by atoms with E-state index in [2.05, 4.69) is 35.4 Å². The van der Waals surface area contributed by atoms with Gasteiger partial charge in [-0.3, -0.25) is 4.79 Å². The second kappa shape index (κ2) is 7.73. The van der Waals surface area contributed by atoms with Crippen LogP contribution in [0.5, 0.6) is 0 Å². The third-order valence-electron chi connectivity index (χ3n) is 3.81. The Balaban J connectivity index is 1.60. The van der Waals surface area contributed by atoms with Crippen molar-refractivity contribution in [2.24, 2.45) is 0 Å². The molecule has 0 aliphatic carbocycles. The fraction of sp³-hybridized carbons (Fsp3) is 0.150. The Morgan fingerprint density at radius 3 is 2.88 bits per heavy atom. The molecule has 0 fully saturated rings. The van der Waals surface area contributed by atoms with Crippen LogP contribution in [0.3, 0.4) is 0 Å². The molecule has 0 radical (unpaired) electrons. The van der Waals surface area contributed by atoms with Crippen LogP contribution in [0.1, 0.15) is 23.2 Å². The van der Waals surface area contributed by atoms with E-state index in [9.17, 15) is 4.79 Å². The zero-order valence-corrected chi connectivity index (χ0v) is 14.6. The van der Waals surface area contributed by atoms with Gasteiger partial charge in [-0.1, -0.05) is 30.3 Å². The molecule has 0 aliphatic rings. The Labute approximate surface area is 150 Å². The first-order chi connectivity index (χ1) is 12.2. The molecular formula is C20H17N3OS. The molecule has 0 saturated carbocycles. The van der Waals surface area contributed by atoms with Gasteiger partial charge < -0.3 is 5.32 Å².